The van der Waals surface area contributed by atoms with Gasteiger partial charge in [-0.15, -0.1) is 0 Å². The summed E-state index contributed by atoms with van der Waals surface area (Å²) in [7, 11) is 0. The van der Waals surface area contributed by atoms with Crippen molar-refractivity contribution >= 4 is 0 Å². The van der Waals surface area contributed by atoms with E-state index in [4.69, 9.17) is 5.26 Å². The molecule has 1 aliphatic rings. The zero-order valence-corrected chi connectivity index (χ0v) is 7.53. The molecule has 0 unspecified atom stereocenters. The van der Waals surface area contributed by atoms with Crippen LogP contribution < -0.4 is 5.32 Å². The van der Waals surface area contributed by atoms with Gasteiger partial charge in [-0.1, -0.05) is 0 Å². The molecule has 3 nitrogen and oxygen atoms in total. The van der Waals surface area contributed by atoms with Gasteiger partial charge in [0, 0.05) is 25.0 Å². The van der Waals surface area contributed by atoms with Crippen molar-refractivity contribution in [3.63, 3.8) is 0 Å². The summed E-state index contributed by atoms with van der Waals surface area (Å²) >= 11 is 0. The molecule has 13 heavy (non-hydrogen) atoms. The monoisotopic (exact) mass is 175 g/mol. The largest absolute Gasteiger partial charge is 0.340 e. The summed E-state index contributed by atoms with van der Waals surface area (Å²) in [6.07, 6.45) is 6.61. The smallest absolute Gasteiger partial charge is 0.109 e. The number of hydrogen-bond donors (Lipinski definition) is 1. The minimum Gasteiger partial charge on any atom is -0.340 e. The van der Waals surface area contributed by atoms with Gasteiger partial charge < -0.3 is 9.88 Å². The summed E-state index contributed by atoms with van der Waals surface area (Å²) < 4.78 is 1.91. The van der Waals surface area contributed by atoms with Gasteiger partial charge >= 0.3 is 0 Å². The Morgan fingerprint density at radius 2 is 2.46 bits per heavy atom. The van der Waals surface area contributed by atoms with Crippen molar-refractivity contribution in [3.05, 3.63) is 24.0 Å². The fraction of sp³-hybridized carbons (Fsp3) is 0.500. The van der Waals surface area contributed by atoms with E-state index in [1.54, 1.807) is 0 Å². The van der Waals surface area contributed by atoms with Crippen molar-refractivity contribution in [1.29, 1.82) is 5.26 Å². The molecule has 1 aliphatic carbocycles. The number of rotatable bonds is 4. The third-order valence-corrected chi connectivity index (χ3v) is 2.24. The molecule has 68 valence electrons. The quantitative estimate of drug-likeness (QED) is 0.748. The van der Waals surface area contributed by atoms with E-state index >= 15 is 0 Å². The van der Waals surface area contributed by atoms with E-state index in [2.05, 4.69) is 17.5 Å². The van der Waals surface area contributed by atoms with Gasteiger partial charge in [-0.05, 0) is 24.5 Å². The first kappa shape index (κ1) is 8.33. The standard InChI is InChI=1S/C10H13N3/c11-4-6-13-5-3-9(8-13)7-12-10-1-2-10/h3,5,8,10,12H,1-2,6-7H2. The summed E-state index contributed by atoms with van der Waals surface area (Å²) in [6, 6.07) is 4.93. The number of nitrogens with one attached hydrogen (secondary N) is 1. The predicted molar refractivity (Wildman–Crippen MR) is 49.9 cm³/mol. The molecule has 1 N–H and O–H groups in total. The Hall–Kier alpha value is -1.27. The van der Waals surface area contributed by atoms with Crippen molar-refractivity contribution in [3.8, 4) is 6.07 Å². The van der Waals surface area contributed by atoms with Crippen molar-refractivity contribution < 1.29 is 0 Å². The Labute approximate surface area is 78.0 Å². The van der Waals surface area contributed by atoms with Crippen LogP contribution in [0.15, 0.2) is 18.5 Å². The number of aromatic nitrogens is 1. The Bertz CT molecular complexity index is 317. The van der Waals surface area contributed by atoms with Gasteiger partial charge in [-0.3, -0.25) is 0 Å². The number of nitriles is 1. The molecule has 1 fully saturated rings. The minimum absolute atomic E-state index is 0.448. The highest BCUT2D eigenvalue weighted by atomic mass is 15.0. The lowest BCUT2D eigenvalue weighted by Gasteiger charge is -1.98. The maximum atomic E-state index is 8.47. The summed E-state index contributed by atoms with van der Waals surface area (Å²) in [5, 5.41) is 11.9. The third-order valence-electron chi connectivity index (χ3n) is 2.24. The Morgan fingerprint density at radius 1 is 1.62 bits per heavy atom. The summed E-state index contributed by atoms with van der Waals surface area (Å²) in [5.41, 5.74) is 1.27. The van der Waals surface area contributed by atoms with Crippen LogP contribution in [0.5, 0.6) is 0 Å². The molecule has 1 saturated carbocycles. The summed E-state index contributed by atoms with van der Waals surface area (Å²) in [4.78, 5) is 0. The normalized spacial score (nSPS) is 15.6. The molecule has 0 aromatic carbocycles. The summed E-state index contributed by atoms with van der Waals surface area (Å²) in [5.74, 6) is 0. The molecular formula is C10H13N3. The zero-order chi connectivity index (χ0) is 9.10. The average Bonchev–Trinajstić information content (AvgIpc) is 2.85. The van der Waals surface area contributed by atoms with Gasteiger partial charge in [-0.2, -0.15) is 5.26 Å². The van der Waals surface area contributed by atoms with E-state index in [0.29, 0.717) is 6.54 Å². The van der Waals surface area contributed by atoms with Crippen LogP contribution in [0.2, 0.25) is 0 Å². The molecule has 3 heteroatoms. The highest BCUT2D eigenvalue weighted by molar-refractivity contribution is 5.11. The fourth-order valence-electron chi connectivity index (χ4n) is 1.32. The van der Waals surface area contributed by atoms with E-state index < -0.39 is 0 Å². The van der Waals surface area contributed by atoms with Crippen molar-refractivity contribution in [2.45, 2.75) is 32.0 Å². The van der Waals surface area contributed by atoms with Crippen LogP contribution >= 0.6 is 0 Å². The van der Waals surface area contributed by atoms with Crippen LogP contribution in [0.25, 0.3) is 0 Å². The lowest BCUT2D eigenvalue weighted by Crippen LogP contribution is -2.14. The first-order valence-electron chi connectivity index (χ1n) is 4.63. The molecule has 1 aromatic heterocycles. The first-order valence-corrected chi connectivity index (χ1v) is 4.63. The lowest BCUT2D eigenvalue weighted by molar-refractivity contribution is 0.685. The first-order chi connectivity index (χ1) is 6.38. The molecule has 0 atom stereocenters. The van der Waals surface area contributed by atoms with Crippen molar-refractivity contribution in [2.24, 2.45) is 0 Å². The molecule has 0 aliphatic heterocycles. The van der Waals surface area contributed by atoms with Gasteiger partial charge in [0.05, 0.1) is 6.07 Å². The second-order valence-electron chi connectivity index (χ2n) is 3.51. The average molecular weight is 175 g/mol. The molecule has 0 spiro atoms. The van der Waals surface area contributed by atoms with Crippen molar-refractivity contribution in [2.75, 3.05) is 0 Å². The van der Waals surface area contributed by atoms with E-state index in [0.717, 1.165) is 12.6 Å². The second kappa shape index (κ2) is 3.63. The molecular weight excluding hydrogens is 162 g/mol. The highest BCUT2D eigenvalue weighted by Gasteiger charge is 2.19. The van der Waals surface area contributed by atoms with Crippen LogP contribution in [0.4, 0.5) is 0 Å². The molecule has 2 rings (SSSR count). The van der Waals surface area contributed by atoms with E-state index in [1.807, 2.05) is 17.0 Å². The van der Waals surface area contributed by atoms with Crippen LogP contribution in [0, 0.1) is 11.3 Å². The van der Waals surface area contributed by atoms with Gasteiger partial charge in [0.2, 0.25) is 0 Å². The van der Waals surface area contributed by atoms with Crippen LogP contribution in [0.3, 0.4) is 0 Å². The molecule has 1 aromatic rings. The Kier molecular flexibility index (Phi) is 2.33. The topological polar surface area (TPSA) is 40.8 Å². The highest BCUT2D eigenvalue weighted by Crippen LogP contribution is 2.19. The molecule has 0 amide bonds. The molecule has 0 radical (unpaired) electrons. The van der Waals surface area contributed by atoms with Crippen LogP contribution in [-0.4, -0.2) is 10.6 Å². The molecule has 0 saturated heterocycles. The maximum Gasteiger partial charge on any atom is 0.109 e. The van der Waals surface area contributed by atoms with Crippen molar-refractivity contribution in [1.82, 2.24) is 9.88 Å². The third kappa shape index (κ3) is 2.33. The second-order valence-corrected chi connectivity index (χ2v) is 3.51. The van der Waals surface area contributed by atoms with Crippen LogP contribution in [0.1, 0.15) is 18.4 Å². The van der Waals surface area contributed by atoms with E-state index in [-0.39, 0.29) is 0 Å². The minimum atomic E-state index is 0.448. The van der Waals surface area contributed by atoms with E-state index in [9.17, 15) is 0 Å². The Balaban J connectivity index is 1.85. The molecule has 0 bridgehead atoms. The van der Waals surface area contributed by atoms with Gasteiger partial charge in [0.25, 0.3) is 0 Å². The van der Waals surface area contributed by atoms with Gasteiger partial charge in [0.15, 0.2) is 0 Å². The maximum absolute atomic E-state index is 8.47. The lowest BCUT2D eigenvalue weighted by atomic mass is 10.3. The van der Waals surface area contributed by atoms with Gasteiger partial charge in [-0.25, -0.2) is 0 Å². The number of nitrogens with zero attached hydrogens (tertiary/aromatic N) is 2. The fourth-order valence-corrected chi connectivity index (χ4v) is 1.32. The number of hydrogen-bond acceptors (Lipinski definition) is 2. The SMILES string of the molecule is N#CCn1ccc(CNC2CC2)c1. The van der Waals surface area contributed by atoms with Gasteiger partial charge in [0.1, 0.15) is 6.54 Å². The van der Waals surface area contributed by atoms with E-state index in [1.165, 1.54) is 18.4 Å². The predicted octanol–water partition coefficient (Wildman–Crippen LogP) is 1.26. The molecule has 1 heterocycles. The Morgan fingerprint density at radius 3 is 3.15 bits per heavy atom. The van der Waals surface area contributed by atoms with Crippen LogP contribution in [-0.2, 0) is 13.1 Å². The zero-order valence-electron chi connectivity index (χ0n) is 7.53. The summed E-state index contributed by atoms with van der Waals surface area (Å²) in [6.45, 7) is 1.38.